The monoisotopic (exact) mass is 438 g/mol. The Bertz CT molecular complexity index is 799. The summed E-state index contributed by atoms with van der Waals surface area (Å²) in [6.45, 7) is 4.59. The van der Waals surface area contributed by atoms with Crippen molar-refractivity contribution in [3.63, 3.8) is 0 Å². The minimum atomic E-state index is -1.85. The molecule has 174 valence electrons. The summed E-state index contributed by atoms with van der Waals surface area (Å²) in [7, 11) is 0. The predicted molar refractivity (Wildman–Crippen MR) is 110 cm³/mol. The molecule has 31 heavy (non-hydrogen) atoms. The Kier molecular flexibility index (Phi) is 5.41. The summed E-state index contributed by atoms with van der Waals surface area (Å²) < 4.78 is 22.9. The molecule has 0 spiro atoms. The van der Waals surface area contributed by atoms with Crippen molar-refractivity contribution >= 4 is 17.5 Å². The first-order valence-corrected chi connectivity index (χ1v) is 11.7. The average Bonchev–Trinajstić information content (AvgIpc) is 3.01. The number of Topliss-reactive ketones (excluding diaryl/α,β-unsaturated/α-hetero) is 2. The molecule has 0 saturated heterocycles. The van der Waals surface area contributed by atoms with Crippen molar-refractivity contribution in [2.45, 2.75) is 95.9 Å². The van der Waals surface area contributed by atoms with Crippen molar-refractivity contribution < 1.29 is 33.7 Å². The molecule has 0 bridgehead atoms. The van der Waals surface area contributed by atoms with E-state index in [1.165, 1.54) is 0 Å². The molecule has 7 heteroatoms. The number of carbonyl (C=O) groups excluding carboxylic acids is 3. The number of esters is 1. The molecular formula is C24H35FO6. The first-order chi connectivity index (χ1) is 14.5. The Balaban J connectivity index is 1.77. The van der Waals surface area contributed by atoms with Gasteiger partial charge in [-0.1, -0.05) is 20.8 Å². The van der Waals surface area contributed by atoms with E-state index in [-0.39, 0.29) is 36.9 Å². The highest BCUT2D eigenvalue weighted by Crippen LogP contribution is 2.71. The lowest BCUT2D eigenvalue weighted by molar-refractivity contribution is -0.256. The fourth-order valence-corrected chi connectivity index (χ4v) is 8.12. The van der Waals surface area contributed by atoms with E-state index in [9.17, 15) is 24.6 Å². The van der Waals surface area contributed by atoms with Gasteiger partial charge in [0.2, 0.25) is 5.78 Å². The molecule has 0 heterocycles. The summed E-state index contributed by atoms with van der Waals surface area (Å²) in [5.41, 5.74) is -5.14. The van der Waals surface area contributed by atoms with Crippen LogP contribution in [0.15, 0.2) is 0 Å². The molecule has 2 N–H and O–H groups in total. The number of aliphatic hydroxyl groups excluding tert-OH is 2. The van der Waals surface area contributed by atoms with E-state index in [0.717, 1.165) is 0 Å². The number of ether oxygens (including phenoxy) is 1. The van der Waals surface area contributed by atoms with E-state index >= 15 is 4.39 Å². The average molecular weight is 439 g/mol. The summed E-state index contributed by atoms with van der Waals surface area (Å²) in [5, 5.41) is 21.1. The first-order valence-electron chi connectivity index (χ1n) is 11.7. The van der Waals surface area contributed by atoms with E-state index in [2.05, 4.69) is 0 Å². The van der Waals surface area contributed by atoms with Crippen LogP contribution in [0.5, 0.6) is 0 Å². The number of alkyl halides is 1. The molecule has 4 fully saturated rings. The number of hydrogen-bond acceptors (Lipinski definition) is 6. The lowest BCUT2D eigenvalue weighted by Crippen LogP contribution is -2.71. The maximum absolute atomic E-state index is 17.1. The predicted octanol–water partition coefficient (Wildman–Crippen LogP) is 2.91. The molecule has 0 radical (unpaired) electrons. The minimum Gasteiger partial charge on any atom is -0.450 e. The second-order valence-corrected chi connectivity index (χ2v) is 10.8. The van der Waals surface area contributed by atoms with E-state index in [1.807, 2.05) is 13.8 Å². The van der Waals surface area contributed by atoms with Gasteiger partial charge in [0.1, 0.15) is 18.1 Å². The number of ketones is 2. The quantitative estimate of drug-likeness (QED) is 0.655. The molecule has 0 aromatic carbocycles. The number of aliphatic hydroxyl groups is 2. The fraction of sp³-hybridized carbons (Fsp3) is 0.875. The maximum Gasteiger partial charge on any atom is 0.306 e. The third-order valence-electron chi connectivity index (χ3n) is 9.85. The Morgan fingerprint density at radius 3 is 2.48 bits per heavy atom. The van der Waals surface area contributed by atoms with Crippen LogP contribution >= 0.6 is 0 Å². The van der Waals surface area contributed by atoms with E-state index < -0.39 is 52.5 Å². The topological polar surface area (TPSA) is 101 Å². The zero-order valence-electron chi connectivity index (χ0n) is 18.8. The summed E-state index contributed by atoms with van der Waals surface area (Å²) in [5.74, 6) is -1.75. The van der Waals surface area contributed by atoms with Gasteiger partial charge in [-0.3, -0.25) is 14.4 Å². The number of halogens is 1. The molecule has 0 unspecified atom stereocenters. The largest absolute Gasteiger partial charge is 0.450 e. The smallest absolute Gasteiger partial charge is 0.306 e. The summed E-state index contributed by atoms with van der Waals surface area (Å²) in [6, 6.07) is 0. The van der Waals surface area contributed by atoms with Crippen LogP contribution in [0.3, 0.4) is 0 Å². The van der Waals surface area contributed by atoms with Crippen LogP contribution in [0.4, 0.5) is 4.39 Å². The Hall–Kier alpha value is -1.34. The number of carbonyl (C=O) groups is 3. The van der Waals surface area contributed by atoms with E-state index in [4.69, 9.17) is 4.74 Å². The maximum atomic E-state index is 17.1. The normalized spacial score (nSPS) is 49.0. The van der Waals surface area contributed by atoms with Crippen LogP contribution in [0.2, 0.25) is 0 Å². The van der Waals surface area contributed by atoms with Gasteiger partial charge in [-0.25, -0.2) is 4.39 Å². The van der Waals surface area contributed by atoms with Crippen LogP contribution in [-0.4, -0.2) is 51.7 Å². The van der Waals surface area contributed by atoms with Crippen molar-refractivity contribution in [1.82, 2.24) is 0 Å². The number of fused-ring (bicyclic) bond motifs is 5. The molecule has 4 aliphatic carbocycles. The van der Waals surface area contributed by atoms with Gasteiger partial charge in [0.25, 0.3) is 0 Å². The summed E-state index contributed by atoms with van der Waals surface area (Å²) in [4.78, 5) is 37.3. The molecule has 0 aromatic rings. The molecule has 0 aromatic heterocycles. The Morgan fingerprint density at radius 1 is 1.13 bits per heavy atom. The molecule has 8 atom stereocenters. The zero-order valence-corrected chi connectivity index (χ0v) is 18.8. The number of hydrogen-bond donors (Lipinski definition) is 2. The van der Waals surface area contributed by atoms with Crippen LogP contribution < -0.4 is 0 Å². The van der Waals surface area contributed by atoms with Crippen molar-refractivity contribution in [1.29, 1.82) is 0 Å². The molecule has 0 amide bonds. The van der Waals surface area contributed by atoms with Gasteiger partial charge in [0, 0.05) is 30.1 Å². The summed E-state index contributed by atoms with van der Waals surface area (Å²) in [6.07, 6.45) is 1.86. The van der Waals surface area contributed by atoms with Crippen molar-refractivity contribution in [3.8, 4) is 0 Å². The Morgan fingerprint density at radius 2 is 1.84 bits per heavy atom. The van der Waals surface area contributed by atoms with Crippen LogP contribution in [0, 0.1) is 28.6 Å². The SMILES string of the molecule is CCC(=O)O[C@@]1(C(=O)CO)CC[C@H]2[C@@H]3CC[C@@H]4CC(=O)CC[C@]4(C)[C@@]3(F)[C@@H](O)C[C@@]21C. The second-order valence-electron chi connectivity index (χ2n) is 10.8. The zero-order chi connectivity index (χ0) is 22.8. The molecule has 4 saturated carbocycles. The van der Waals surface area contributed by atoms with Crippen LogP contribution in [-0.2, 0) is 19.1 Å². The van der Waals surface area contributed by atoms with E-state index in [1.54, 1.807) is 6.92 Å². The highest BCUT2D eigenvalue weighted by molar-refractivity contribution is 5.92. The first kappa shape index (κ1) is 22.8. The third kappa shape index (κ3) is 2.78. The van der Waals surface area contributed by atoms with Gasteiger partial charge >= 0.3 is 5.97 Å². The molecule has 0 aliphatic heterocycles. The highest BCUT2D eigenvalue weighted by Gasteiger charge is 2.76. The molecule has 4 rings (SSSR count). The highest BCUT2D eigenvalue weighted by atomic mass is 19.1. The third-order valence-corrected chi connectivity index (χ3v) is 9.85. The van der Waals surface area contributed by atoms with Crippen molar-refractivity contribution in [2.75, 3.05) is 6.61 Å². The molecule has 4 aliphatic rings. The standard InChI is InChI=1S/C24H35FO6/c1-4-20(30)31-23(19(29)13-26)10-8-16-17-6-5-14-11-15(27)7-9-21(14,2)24(17,25)18(28)12-22(16,23)3/h14,16-18,26,28H,4-13H2,1-3H3/t14-,16+,17+,18+,21+,22+,23-,24+/m1/s1. The van der Waals surface area contributed by atoms with Gasteiger partial charge in [0.15, 0.2) is 5.60 Å². The fourth-order valence-electron chi connectivity index (χ4n) is 8.12. The second kappa shape index (κ2) is 7.34. The van der Waals surface area contributed by atoms with Crippen LogP contribution in [0.1, 0.15) is 78.6 Å². The lowest BCUT2D eigenvalue weighted by Gasteiger charge is -2.65. The molecule has 6 nitrogen and oxygen atoms in total. The van der Waals surface area contributed by atoms with Gasteiger partial charge in [-0.2, -0.15) is 0 Å². The lowest BCUT2D eigenvalue weighted by atomic mass is 9.42. The van der Waals surface area contributed by atoms with Gasteiger partial charge in [-0.05, 0) is 56.3 Å². The van der Waals surface area contributed by atoms with Gasteiger partial charge in [-0.15, -0.1) is 0 Å². The van der Waals surface area contributed by atoms with Crippen molar-refractivity contribution in [2.24, 2.45) is 28.6 Å². The van der Waals surface area contributed by atoms with E-state index in [0.29, 0.717) is 38.5 Å². The van der Waals surface area contributed by atoms with Crippen molar-refractivity contribution in [3.05, 3.63) is 0 Å². The summed E-state index contributed by atoms with van der Waals surface area (Å²) >= 11 is 0. The minimum absolute atomic E-state index is 0.0103. The molecular weight excluding hydrogens is 403 g/mol. The van der Waals surface area contributed by atoms with Crippen LogP contribution in [0.25, 0.3) is 0 Å². The number of rotatable bonds is 4. The van der Waals surface area contributed by atoms with Gasteiger partial charge < -0.3 is 14.9 Å². The Labute approximate surface area is 182 Å². The van der Waals surface area contributed by atoms with Gasteiger partial charge in [0.05, 0.1) is 6.10 Å².